The summed E-state index contributed by atoms with van der Waals surface area (Å²) in [5.74, 6) is 1.98. The third kappa shape index (κ3) is 9.65. The fraction of sp³-hybridized carbons (Fsp3) is 0.392. The number of halogens is 1. The lowest BCUT2D eigenvalue weighted by Gasteiger charge is -2.44. The fourth-order valence-electron chi connectivity index (χ4n) is 9.24. The molecule has 4 aliphatic rings. The molecule has 1 aliphatic carbocycles. The second-order valence-electron chi connectivity index (χ2n) is 17.3. The lowest BCUT2D eigenvalue weighted by Crippen LogP contribution is -2.55. The highest BCUT2D eigenvalue weighted by Gasteiger charge is 2.36. The van der Waals surface area contributed by atoms with Crippen LogP contribution >= 0.6 is 11.3 Å². The number of fused-ring (bicyclic) bond motifs is 4. The van der Waals surface area contributed by atoms with Crippen LogP contribution in [0.15, 0.2) is 102 Å². The van der Waals surface area contributed by atoms with Crippen LogP contribution in [-0.2, 0) is 12.8 Å². The van der Waals surface area contributed by atoms with E-state index in [9.17, 15) is 14.6 Å². The number of hydrogen-bond donors (Lipinski definition) is 2. The summed E-state index contributed by atoms with van der Waals surface area (Å²) in [6.45, 7) is 16.2. The van der Waals surface area contributed by atoms with Crippen LogP contribution in [0, 0.1) is 33.5 Å². The average Bonchev–Trinajstić information content (AvgIpc) is 3.78. The summed E-state index contributed by atoms with van der Waals surface area (Å²) in [5, 5.41) is 30.7. The molecular weight excluding hydrogens is 794 g/mol. The van der Waals surface area contributed by atoms with Gasteiger partial charge in [-0.2, -0.15) is 0 Å². The van der Waals surface area contributed by atoms with Crippen LogP contribution in [0.4, 0.5) is 15.8 Å². The van der Waals surface area contributed by atoms with Crippen molar-refractivity contribution in [3.8, 4) is 10.8 Å². The Labute approximate surface area is 370 Å². The minimum absolute atomic E-state index is 0.103. The number of hydrogen-bond acceptors (Lipinski definition) is 9. The lowest BCUT2D eigenvalue weighted by molar-refractivity contribution is -0.0173. The molecule has 9 nitrogen and oxygen atoms in total. The van der Waals surface area contributed by atoms with Crippen LogP contribution in [0.3, 0.4) is 0 Å². The molecule has 5 heterocycles. The molecule has 10 rings (SSSR count). The minimum Gasteiger partial charge on any atom is -0.508 e. The van der Waals surface area contributed by atoms with Crippen LogP contribution in [0.1, 0.15) is 88.6 Å². The number of anilines is 2. The Bertz CT molecular complexity index is 2460. The molecule has 0 spiro atoms. The Morgan fingerprint density at radius 3 is 2.10 bits per heavy atom. The van der Waals surface area contributed by atoms with Gasteiger partial charge < -0.3 is 20.0 Å². The van der Waals surface area contributed by atoms with Crippen molar-refractivity contribution in [1.82, 2.24) is 19.7 Å². The van der Waals surface area contributed by atoms with Crippen molar-refractivity contribution in [1.29, 1.82) is 0 Å². The predicted octanol–water partition coefficient (Wildman–Crippen LogP) is 9.72. The summed E-state index contributed by atoms with van der Waals surface area (Å²) in [7, 11) is 0. The number of nitrogens with zero attached hydrogens (tertiary/aromatic N) is 7. The molecule has 0 amide bonds. The predicted molar refractivity (Wildman–Crippen MR) is 251 cm³/mol. The third-order valence-electron chi connectivity index (χ3n) is 13.0. The van der Waals surface area contributed by atoms with Crippen molar-refractivity contribution in [3.63, 3.8) is 0 Å². The number of phenols is 1. The number of rotatable bonds is 5. The first-order valence-corrected chi connectivity index (χ1v) is 23.0. The van der Waals surface area contributed by atoms with E-state index < -0.39 is 5.60 Å². The number of aromatic nitrogens is 3. The maximum atomic E-state index is 13.9. The molecule has 62 heavy (non-hydrogen) atoms. The molecule has 2 saturated heterocycles. The first-order chi connectivity index (χ1) is 30.0. The number of aliphatic imine (C=N–C) groups is 1. The third-order valence-corrected chi connectivity index (χ3v) is 14.1. The van der Waals surface area contributed by atoms with E-state index in [2.05, 4.69) is 74.5 Å². The van der Waals surface area contributed by atoms with Gasteiger partial charge in [-0.15, -0.1) is 21.5 Å². The zero-order valence-corrected chi connectivity index (χ0v) is 37.6. The van der Waals surface area contributed by atoms with Gasteiger partial charge >= 0.3 is 0 Å². The van der Waals surface area contributed by atoms with E-state index in [0.717, 1.165) is 97.7 Å². The lowest BCUT2D eigenvalue weighted by atomic mass is 9.90. The van der Waals surface area contributed by atoms with Gasteiger partial charge in [-0.05, 0) is 132 Å². The Hall–Kier alpha value is -5.36. The van der Waals surface area contributed by atoms with Gasteiger partial charge in [0.1, 0.15) is 28.4 Å². The molecule has 2 fully saturated rings. The van der Waals surface area contributed by atoms with E-state index in [1.807, 2.05) is 68.4 Å². The van der Waals surface area contributed by atoms with Crippen LogP contribution in [0.5, 0.6) is 5.75 Å². The second kappa shape index (κ2) is 18.9. The summed E-state index contributed by atoms with van der Waals surface area (Å²) < 4.78 is 16.0. The quantitative estimate of drug-likeness (QED) is 0.179. The van der Waals surface area contributed by atoms with Crippen molar-refractivity contribution in [2.75, 3.05) is 55.6 Å². The summed E-state index contributed by atoms with van der Waals surface area (Å²) >= 11 is 1.78. The number of phenolic OH excluding ortho intramolecular Hbond substituents is 1. The molecule has 324 valence electrons. The average molecular weight is 854 g/mol. The van der Waals surface area contributed by atoms with Crippen LogP contribution in [0.25, 0.3) is 5.00 Å². The van der Waals surface area contributed by atoms with Gasteiger partial charge in [0.2, 0.25) is 0 Å². The SMILES string of the molecule is Cc1ccc(F)cc1N1CCN(CC2(O)CCN(c3ccc(C4=N[C@@H](C)c5nnc(C)n5-c5sc(C)c(C)c54)cc3)CC2)CC1.Oc1ccc2c(c1)CCCC2.c1ccccc1. The number of piperidine rings is 1. The Morgan fingerprint density at radius 1 is 0.758 bits per heavy atom. The minimum atomic E-state index is -0.694. The van der Waals surface area contributed by atoms with Crippen molar-refractivity contribution in [3.05, 3.63) is 153 Å². The van der Waals surface area contributed by atoms with Crippen molar-refractivity contribution in [2.24, 2.45) is 4.99 Å². The Morgan fingerprint density at radius 2 is 1.42 bits per heavy atom. The van der Waals surface area contributed by atoms with E-state index in [-0.39, 0.29) is 11.9 Å². The normalized spacial score (nSPS) is 18.2. The molecule has 0 saturated carbocycles. The zero-order valence-electron chi connectivity index (χ0n) is 36.8. The van der Waals surface area contributed by atoms with E-state index in [1.54, 1.807) is 23.5 Å². The Kier molecular flexibility index (Phi) is 13.2. The number of β-amino-alcohol motifs (C(OH)–C–C–N with tert-alkyl or cyclic N) is 1. The summed E-state index contributed by atoms with van der Waals surface area (Å²) in [6.07, 6.45) is 6.38. The van der Waals surface area contributed by atoms with Gasteiger partial charge in [-0.3, -0.25) is 14.5 Å². The molecule has 1 atom stereocenters. The van der Waals surface area contributed by atoms with Gasteiger partial charge in [0.15, 0.2) is 5.82 Å². The highest BCUT2D eigenvalue weighted by molar-refractivity contribution is 7.15. The van der Waals surface area contributed by atoms with Gasteiger partial charge in [0.05, 0.1) is 11.3 Å². The second-order valence-corrected chi connectivity index (χ2v) is 18.5. The maximum Gasteiger partial charge on any atom is 0.162 e. The van der Waals surface area contributed by atoms with Crippen molar-refractivity contribution in [2.45, 2.75) is 84.8 Å². The van der Waals surface area contributed by atoms with Gasteiger partial charge in [0.25, 0.3) is 0 Å². The smallest absolute Gasteiger partial charge is 0.162 e. The number of aliphatic hydroxyl groups is 1. The van der Waals surface area contributed by atoms with E-state index in [0.29, 0.717) is 12.3 Å². The van der Waals surface area contributed by atoms with Crippen molar-refractivity contribution >= 4 is 28.4 Å². The van der Waals surface area contributed by atoms with E-state index >= 15 is 0 Å². The maximum absolute atomic E-state index is 13.9. The molecule has 0 radical (unpaired) electrons. The van der Waals surface area contributed by atoms with Crippen LogP contribution in [-0.4, -0.2) is 87.0 Å². The molecule has 6 aromatic rings. The molecule has 0 unspecified atom stereocenters. The summed E-state index contributed by atoms with van der Waals surface area (Å²) in [5.41, 5.74) is 9.87. The number of aromatic hydroxyl groups is 1. The van der Waals surface area contributed by atoms with Gasteiger partial charge in [0, 0.05) is 73.2 Å². The van der Waals surface area contributed by atoms with Crippen LogP contribution < -0.4 is 9.80 Å². The van der Waals surface area contributed by atoms with Gasteiger partial charge in [-0.1, -0.05) is 60.7 Å². The summed E-state index contributed by atoms with van der Waals surface area (Å²) in [6, 6.07) is 31.4. The number of thiophene rings is 1. The monoisotopic (exact) mass is 853 g/mol. The highest BCUT2D eigenvalue weighted by Crippen LogP contribution is 2.39. The standard InChI is InChI=1S/C35H42FN7OS.C10H12O.C6H6/c1-22-6-9-28(36)20-30(22)42-18-16-40(17-19-42)21-35(44)12-14-41(15-13-35)29-10-7-27(8-11-29)32-31-23(2)25(4)45-34(31)43-26(5)38-39-33(43)24(3)37-32;11-10-6-5-8-3-1-2-4-9(8)7-10;1-2-4-6-5-3-1/h6-11,20,24,44H,12-19,21H2,1-5H3;5-7,11H,1-4H2;1-6H/t24-;;/m0../s1. The molecule has 0 bridgehead atoms. The molecule has 11 heteroatoms. The topological polar surface area (TPSA) is 93.3 Å². The number of benzene rings is 4. The zero-order chi connectivity index (χ0) is 43.4. The fourth-order valence-corrected chi connectivity index (χ4v) is 10.5. The molecule has 2 N–H and O–H groups in total. The van der Waals surface area contributed by atoms with Gasteiger partial charge in [-0.25, -0.2) is 4.39 Å². The van der Waals surface area contributed by atoms with E-state index in [4.69, 9.17) is 4.99 Å². The molecule has 3 aliphatic heterocycles. The van der Waals surface area contributed by atoms with Crippen LogP contribution in [0.2, 0.25) is 0 Å². The van der Waals surface area contributed by atoms with E-state index in [1.165, 1.54) is 58.1 Å². The number of aryl methyl sites for hydroxylation is 5. The highest BCUT2D eigenvalue weighted by atomic mass is 32.1. The Balaban J connectivity index is 0.000000256. The molecule has 4 aromatic carbocycles. The summed E-state index contributed by atoms with van der Waals surface area (Å²) in [4.78, 5) is 13.5. The first-order valence-electron chi connectivity index (χ1n) is 22.2. The van der Waals surface area contributed by atoms with Crippen molar-refractivity contribution < 1.29 is 14.6 Å². The number of piperazine rings is 1. The molecular formula is C51H60FN7O2S. The molecule has 2 aromatic heterocycles. The first kappa shape index (κ1) is 43.3. The largest absolute Gasteiger partial charge is 0.508 e.